The maximum Gasteiger partial charge on any atom is 0.290 e. The molecule has 1 atom stereocenters. The molecule has 0 bridgehead atoms. The summed E-state index contributed by atoms with van der Waals surface area (Å²) in [4.78, 5) is 29.1. The van der Waals surface area contributed by atoms with Gasteiger partial charge in [0, 0.05) is 17.6 Å². The number of likely N-dealkylation sites (N-methyl/N-ethyl adjacent to an activating group) is 1. The average Bonchev–Trinajstić information content (AvgIpc) is 3.25. The van der Waals surface area contributed by atoms with Crippen LogP contribution in [0.2, 0.25) is 0 Å². The number of hydrogen-bond acceptors (Lipinski definition) is 5. The molecule has 0 aliphatic carbocycles. The van der Waals surface area contributed by atoms with Gasteiger partial charge < -0.3 is 19.3 Å². The number of allylic oxidation sites excluding steroid dienone is 1. The summed E-state index contributed by atoms with van der Waals surface area (Å²) in [6.07, 6.45) is 4.35. The SMILES string of the molecule is CN(C)CCN1C(=O)C(O)=C(C(=O)/C=C/c2ccco2)C1c1cccc(Br)c1. The Morgan fingerprint density at radius 3 is 2.75 bits per heavy atom. The van der Waals surface area contributed by atoms with E-state index in [1.165, 1.54) is 23.3 Å². The Kier molecular flexibility index (Phi) is 6.16. The number of amides is 1. The molecule has 0 radical (unpaired) electrons. The van der Waals surface area contributed by atoms with Gasteiger partial charge in [-0.2, -0.15) is 0 Å². The van der Waals surface area contributed by atoms with Crippen LogP contribution in [0.25, 0.3) is 6.08 Å². The van der Waals surface area contributed by atoms with Crippen molar-refractivity contribution in [2.24, 2.45) is 0 Å². The van der Waals surface area contributed by atoms with Gasteiger partial charge in [0.1, 0.15) is 5.76 Å². The molecule has 6 nitrogen and oxygen atoms in total. The fraction of sp³-hybridized carbons (Fsp3) is 0.238. The van der Waals surface area contributed by atoms with E-state index in [9.17, 15) is 14.7 Å². The van der Waals surface area contributed by atoms with Crippen molar-refractivity contribution in [1.29, 1.82) is 0 Å². The first-order valence-electron chi connectivity index (χ1n) is 8.78. The van der Waals surface area contributed by atoms with E-state index in [4.69, 9.17) is 4.42 Å². The maximum absolute atomic E-state index is 12.9. The number of nitrogens with zero attached hydrogens (tertiary/aromatic N) is 2. The highest BCUT2D eigenvalue weighted by Crippen LogP contribution is 2.38. The monoisotopic (exact) mass is 444 g/mol. The molecule has 1 unspecified atom stereocenters. The summed E-state index contributed by atoms with van der Waals surface area (Å²) in [6.45, 7) is 0.985. The molecule has 146 valence electrons. The summed E-state index contributed by atoms with van der Waals surface area (Å²) in [5.74, 6) is -0.958. The minimum absolute atomic E-state index is 0.0738. The quantitative estimate of drug-likeness (QED) is 0.660. The zero-order chi connectivity index (χ0) is 20.3. The average molecular weight is 445 g/mol. The van der Waals surface area contributed by atoms with Crippen molar-refractivity contribution < 1.29 is 19.1 Å². The van der Waals surface area contributed by atoms with Gasteiger partial charge in [-0.3, -0.25) is 9.59 Å². The van der Waals surface area contributed by atoms with E-state index in [1.54, 1.807) is 12.1 Å². The summed E-state index contributed by atoms with van der Waals surface area (Å²) in [7, 11) is 3.81. The highest BCUT2D eigenvalue weighted by molar-refractivity contribution is 9.10. The van der Waals surface area contributed by atoms with Crippen LogP contribution >= 0.6 is 15.9 Å². The highest BCUT2D eigenvalue weighted by atomic mass is 79.9. The van der Waals surface area contributed by atoms with E-state index in [-0.39, 0.29) is 5.57 Å². The summed E-state index contributed by atoms with van der Waals surface area (Å²) in [5.41, 5.74) is 0.824. The number of benzene rings is 1. The van der Waals surface area contributed by atoms with Gasteiger partial charge in [-0.05, 0) is 56.1 Å². The van der Waals surface area contributed by atoms with E-state index in [0.29, 0.717) is 18.8 Å². The molecule has 1 N–H and O–H groups in total. The molecule has 1 aromatic carbocycles. The molecule has 2 heterocycles. The molecule has 3 rings (SSSR count). The lowest BCUT2D eigenvalue weighted by molar-refractivity contribution is -0.129. The molecular formula is C21H21BrN2O4. The minimum Gasteiger partial charge on any atom is -0.503 e. The van der Waals surface area contributed by atoms with E-state index in [1.807, 2.05) is 43.3 Å². The number of furan rings is 1. The molecule has 0 fully saturated rings. The van der Waals surface area contributed by atoms with Crippen molar-refractivity contribution in [3.63, 3.8) is 0 Å². The number of rotatable bonds is 7. The number of carbonyl (C=O) groups excluding carboxylic acids is 2. The van der Waals surface area contributed by atoms with Crippen molar-refractivity contribution in [3.05, 3.63) is 75.9 Å². The van der Waals surface area contributed by atoms with Crippen LogP contribution in [0, 0.1) is 0 Å². The van der Waals surface area contributed by atoms with Crippen LogP contribution in [0.4, 0.5) is 0 Å². The van der Waals surface area contributed by atoms with Crippen molar-refractivity contribution in [3.8, 4) is 0 Å². The second-order valence-electron chi connectivity index (χ2n) is 6.73. The number of ketones is 1. The molecule has 1 amide bonds. The van der Waals surface area contributed by atoms with Gasteiger partial charge >= 0.3 is 0 Å². The standard InChI is InChI=1S/C21H21BrN2O4/c1-23(2)10-11-24-19(14-5-3-6-15(22)13-14)18(20(26)21(24)27)17(25)9-8-16-7-4-12-28-16/h3-9,12-13,19,26H,10-11H2,1-2H3/b9-8+. The number of aliphatic hydroxyl groups is 1. The summed E-state index contributed by atoms with van der Waals surface area (Å²) >= 11 is 3.43. The molecule has 2 aromatic rings. The normalized spacial score (nSPS) is 17.4. The third-order valence-electron chi connectivity index (χ3n) is 4.46. The van der Waals surface area contributed by atoms with Crippen LogP contribution < -0.4 is 0 Å². The second-order valence-corrected chi connectivity index (χ2v) is 7.65. The third-order valence-corrected chi connectivity index (χ3v) is 4.96. The topological polar surface area (TPSA) is 74.0 Å². The second kappa shape index (κ2) is 8.58. The summed E-state index contributed by atoms with van der Waals surface area (Å²) in [5, 5.41) is 10.5. The predicted octanol–water partition coefficient (Wildman–Crippen LogP) is 3.58. The lowest BCUT2D eigenvalue weighted by Gasteiger charge is -2.28. The van der Waals surface area contributed by atoms with E-state index < -0.39 is 23.5 Å². The molecule has 0 spiro atoms. The van der Waals surface area contributed by atoms with Gasteiger partial charge in [0.15, 0.2) is 11.5 Å². The zero-order valence-electron chi connectivity index (χ0n) is 15.6. The summed E-state index contributed by atoms with van der Waals surface area (Å²) < 4.78 is 6.03. The van der Waals surface area contributed by atoms with E-state index >= 15 is 0 Å². The van der Waals surface area contributed by atoms with Gasteiger partial charge in [0.25, 0.3) is 5.91 Å². The van der Waals surface area contributed by atoms with Gasteiger partial charge in [-0.1, -0.05) is 28.1 Å². The maximum atomic E-state index is 12.9. The zero-order valence-corrected chi connectivity index (χ0v) is 17.2. The van der Waals surface area contributed by atoms with Crippen molar-refractivity contribution in [1.82, 2.24) is 9.80 Å². The molecule has 0 saturated heterocycles. The molecule has 0 saturated carbocycles. The first kappa shape index (κ1) is 20.1. The predicted molar refractivity (Wildman–Crippen MR) is 110 cm³/mol. The Morgan fingerprint density at radius 1 is 1.32 bits per heavy atom. The number of hydrogen-bond donors (Lipinski definition) is 1. The highest BCUT2D eigenvalue weighted by Gasteiger charge is 2.42. The van der Waals surface area contributed by atoms with Crippen LogP contribution in [-0.4, -0.2) is 53.8 Å². The van der Waals surface area contributed by atoms with E-state index in [2.05, 4.69) is 15.9 Å². The molecule has 28 heavy (non-hydrogen) atoms. The van der Waals surface area contributed by atoms with Crippen LogP contribution in [0.1, 0.15) is 17.4 Å². The Labute approximate surface area is 171 Å². The minimum atomic E-state index is -0.654. The number of aliphatic hydroxyl groups excluding tert-OH is 1. The first-order chi connectivity index (χ1) is 13.4. The van der Waals surface area contributed by atoms with Gasteiger partial charge in [0.2, 0.25) is 0 Å². The van der Waals surface area contributed by atoms with E-state index in [0.717, 1.165) is 10.0 Å². The summed E-state index contributed by atoms with van der Waals surface area (Å²) in [6, 6.07) is 10.2. The lowest BCUT2D eigenvalue weighted by atomic mass is 9.96. The van der Waals surface area contributed by atoms with Gasteiger partial charge in [-0.25, -0.2) is 0 Å². The lowest BCUT2D eigenvalue weighted by Crippen LogP contribution is -2.36. The molecular weight excluding hydrogens is 424 g/mol. The first-order valence-corrected chi connectivity index (χ1v) is 9.58. The molecule has 1 aromatic heterocycles. The van der Waals surface area contributed by atoms with Crippen molar-refractivity contribution >= 4 is 33.7 Å². The van der Waals surface area contributed by atoms with Crippen molar-refractivity contribution in [2.45, 2.75) is 6.04 Å². The van der Waals surface area contributed by atoms with Gasteiger partial charge in [0.05, 0.1) is 17.9 Å². The third kappa shape index (κ3) is 4.26. The van der Waals surface area contributed by atoms with Gasteiger partial charge in [-0.15, -0.1) is 0 Å². The Morgan fingerprint density at radius 2 is 2.11 bits per heavy atom. The Hall–Kier alpha value is -2.64. The number of halogens is 1. The van der Waals surface area contributed by atoms with Crippen LogP contribution in [0.5, 0.6) is 0 Å². The molecule has 7 heteroatoms. The smallest absolute Gasteiger partial charge is 0.290 e. The Balaban J connectivity index is 1.98. The fourth-order valence-electron chi connectivity index (χ4n) is 3.10. The van der Waals surface area contributed by atoms with Crippen molar-refractivity contribution in [2.75, 3.05) is 27.2 Å². The largest absolute Gasteiger partial charge is 0.503 e. The molecule has 1 aliphatic heterocycles. The Bertz CT molecular complexity index is 932. The van der Waals surface area contributed by atoms with Crippen LogP contribution in [0.15, 0.2) is 69.0 Å². The number of carbonyl (C=O) groups is 2. The molecule has 1 aliphatic rings. The van der Waals surface area contributed by atoms with Crippen LogP contribution in [0.3, 0.4) is 0 Å². The fourth-order valence-corrected chi connectivity index (χ4v) is 3.52. The van der Waals surface area contributed by atoms with Crippen LogP contribution in [-0.2, 0) is 9.59 Å².